The minimum absolute atomic E-state index is 0.107. The molecule has 0 aliphatic rings. The summed E-state index contributed by atoms with van der Waals surface area (Å²) in [5.74, 6) is 0. The average Bonchev–Trinajstić information content (AvgIpc) is 2.72. The quantitative estimate of drug-likeness (QED) is 0.770. The van der Waals surface area contributed by atoms with Crippen molar-refractivity contribution in [3.05, 3.63) is 15.9 Å². The lowest BCUT2D eigenvalue weighted by Crippen LogP contribution is -2.38. The van der Waals surface area contributed by atoms with Crippen molar-refractivity contribution >= 4 is 15.9 Å². The molecule has 0 fully saturated rings. The van der Waals surface area contributed by atoms with E-state index in [1.54, 1.807) is 0 Å². The van der Waals surface area contributed by atoms with Crippen molar-refractivity contribution in [2.24, 2.45) is 0 Å². The maximum atomic E-state index is 5.96. The molecule has 0 amide bonds. The van der Waals surface area contributed by atoms with Crippen LogP contribution in [0, 0.1) is 0 Å². The number of likely N-dealkylation sites (N-methyl/N-ethyl adjacent to an activating group) is 1. The Hall–Kier alpha value is -0.390. The largest absolute Gasteiger partial charge is 0.374 e. The highest BCUT2D eigenvalue weighted by Gasteiger charge is 2.20. The second-order valence-corrected chi connectivity index (χ2v) is 7.05. The highest BCUT2D eigenvalue weighted by atomic mass is 79.9. The predicted molar refractivity (Wildman–Crippen MR) is 91.9 cm³/mol. The van der Waals surface area contributed by atoms with Gasteiger partial charge in [-0.25, -0.2) is 0 Å². The fourth-order valence-electron chi connectivity index (χ4n) is 2.27. The number of hydrogen-bond acceptors (Lipinski definition) is 3. The fraction of sp³-hybridized carbons (Fsp3) is 0.812. The molecule has 0 bridgehead atoms. The molecule has 0 saturated heterocycles. The molecule has 1 rings (SSSR count). The predicted octanol–water partition coefficient (Wildman–Crippen LogP) is 3.56. The van der Waals surface area contributed by atoms with Crippen molar-refractivity contribution in [1.82, 2.24) is 15.1 Å². The first kappa shape index (κ1) is 18.7. The summed E-state index contributed by atoms with van der Waals surface area (Å²) in [6.07, 6.45) is 1.87. The van der Waals surface area contributed by atoms with Crippen molar-refractivity contribution in [2.75, 3.05) is 13.2 Å². The molecule has 0 aliphatic carbocycles. The SMILES string of the molecule is CCNC(COC(C)(C)C)Cc1c(Br)c(CC)nn1CC. The number of hydrogen-bond donors (Lipinski definition) is 1. The van der Waals surface area contributed by atoms with E-state index in [-0.39, 0.29) is 5.60 Å². The molecule has 1 heterocycles. The van der Waals surface area contributed by atoms with Crippen LogP contribution >= 0.6 is 15.9 Å². The first-order valence-corrected chi connectivity index (χ1v) is 8.73. The van der Waals surface area contributed by atoms with Gasteiger partial charge in [0.05, 0.1) is 28.1 Å². The van der Waals surface area contributed by atoms with E-state index in [1.807, 2.05) is 0 Å². The summed E-state index contributed by atoms with van der Waals surface area (Å²) in [5, 5.41) is 8.19. The fourth-order valence-corrected chi connectivity index (χ4v) is 3.00. The lowest BCUT2D eigenvalue weighted by Gasteiger charge is -2.25. The molecule has 0 saturated carbocycles. The number of nitrogens with zero attached hydrogens (tertiary/aromatic N) is 2. The van der Waals surface area contributed by atoms with Crippen LogP contribution in [0.15, 0.2) is 4.47 Å². The third kappa shape index (κ3) is 5.72. The van der Waals surface area contributed by atoms with Crippen LogP contribution in [-0.4, -0.2) is 34.6 Å². The van der Waals surface area contributed by atoms with Crippen LogP contribution in [0.4, 0.5) is 0 Å². The molecule has 0 aromatic carbocycles. The number of aromatic nitrogens is 2. The molecule has 0 aliphatic heterocycles. The van der Waals surface area contributed by atoms with Gasteiger partial charge in [0.25, 0.3) is 0 Å². The lowest BCUT2D eigenvalue weighted by atomic mass is 10.1. The van der Waals surface area contributed by atoms with Crippen LogP contribution in [-0.2, 0) is 24.1 Å². The van der Waals surface area contributed by atoms with Gasteiger partial charge in [0.2, 0.25) is 0 Å². The van der Waals surface area contributed by atoms with E-state index >= 15 is 0 Å². The lowest BCUT2D eigenvalue weighted by molar-refractivity contribution is -0.0144. The zero-order valence-corrected chi connectivity index (χ0v) is 15.9. The topological polar surface area (TPSA) is 39.1 Å². The van der Waals surface area contributed by atoms with Gasteiger partial charge < -0.3 is 10.1 Å². The molecule has 122 valence electrons. The van der Waals surface area contributed by atoms with Crippen molar-refractivity contribution in [1.29, 1.82) is 0 Å². The van der Waals surface area contributed by atoms with Crippen molar-refractivity contribution in [3.63, 3.8) is 0 Å². The summed E-state index contributed by atoms with van der Waals surface area (Å²) in [5.41, 5.74) is 2.29. The van der Waals surface area contributed by atoms with Gasteiger partial charge in [-0.1, -0.05) is 13.8 Å². The number of halogens is 1. The smallest absolute Gasteiger partial charge is 0.0766 e. The molecular formula is C16H30BrN3O. The van der Waals surface area contributed by atoms with Gasteiger partial charge in [-0.15, -0.1) is 0 Å². The van der Waals surface area contributed by atoms with Crippen LogP contribution in [0.25, 0.3) is 0 Å². The molecule has 1 aromatic rings. The van der Waals surface area contributed by atoms with Gasteiger partial charge in [0.15, 0.2) is 0 Å². The van der Waals surface area contributed by atoms with Crippen molar-refractivity contribution in [2.45, 2.75) is 72.6 Å². The standard InChI is InChI=1S/C16H30BrN3O/c1-7-13-15(17)14(20(9-3)19-13)10-12(18-8-2)11-21-16(4,5)6/h12,18H,7-11H2,1-6H3. The third-order valence-electron chi connectivity index (χ3n) is 3.34. The van der Waals surface area contributed by atoms with Gasteiger partial charge >= 0.3 is 0 Å². The number of ether oxygens (including phenoxy) is 1. The third-order valence-corrected chi connectivity index (χ3v) is 4.26. The molecule has 4 nitrogen and oxygen atoms in total. The number of aryl methyl sites for hydroxylation is 2. The molecule has 0 spiro atoms. The second-order valence-electron chi connectivity index (χ2n) is 6.26. The minimum Gasteiger partial charge on any atom is -0.374 e. The van der Waals surface area contributed by atoms with E-state index in [2.05, 4.69) is 72.6 Å². The Morgan fingerprint density at radius 1 is 1.29 bits per heavy atom. The van der Waals surface area contributed by atoms with Crippen LogP contribution in [0.5, 0.6) is 0 Å². The average molecular weight is 360 g/mol. The summed E-state index contributed by atoms with van der Waals surface area (Å²) >= 11 is 3.72. The molecule has 0 radical (unpaired) electrons. The van der Waals surface area contributed by atoms with Gasteiger partial charge in [0, 0.05) is 19.0 Å². The zero-order chi connectivity index (χ0) is 16.0. The normalized spacial score (nSPS) is 13.7. The van der Waals surface area contributed by atoms with Gasteiger partial charge in [0.1, 0.15) is 0 Å². The summed E-state index contributed by atoms with van der Waals surface area (Å²) in [6.45, 7) is 15.2. The van der Waals surface area contributed by atoms with Gasteiger partial charge in [-0.3, -0.25) is 4.68 Å². The number of nitrogens with one attached hydrogen (secondary N) is 1. The van der Waals surface area contributed by atoms with E-state index < -0.39 is 0 Å². The maximum Gasteiger partial charge on any atom is 0.0766 e. The monoisotopic (exact) mass is 359 g/mol. The maximum absolute atomic E-state index is 5.96. The molecule has 1 aromatic heterocycles. The minimum atomic E-state index is -0.107. The van der Waals surface area contributed by atoms with E-state index in [9.17, 15) is 0 Å². The summed E-state index contributed by atoms with van der Waals surface area (Å²) < 4.78 is 9.21. The first-order chi connectivity index (χ1) is 9.82. The van der Waals surface area contributed by atoms with E-state index in [1.165, 1.54) is 5.69 Å². The zero-order valence-electron chi connectivity index (χ0n) is 14.3. The molecule has 1 N–H and O–H groups in total. The first-order valence-electron chi connectivity index (χ1n) is 7.93. The summed E-state index contributed by atoms with van der Waals surface area (Å²) in [4.78, 5) is 0. The highest BCUT2D eigenvalue weighted by Crippen LogP contribution is 2.24. The van der Waals surface area contributed by atoms with Gasteiger partial charge in [-0.2, -0.15) is 5.10 Å². The molecule has 1 unspecified atom stereocenters. The Morgan fingerprint density at radius 2 is 1.95 bits per heavy atom. The summed E-state index contributed by atoms with van der Waals surface area (Å²) in [6, 6.07) is 0.303. The van der Waals surface area contributed by atoms with Crippen LogP contribution in [0.2, 0.25) is 0 Å². The molecule has 1 atom stereocenters. The summed E-state index contributed by atoms with van der Waals surface area (Å²) in [7, 11) is 0. The Labute approximate surface area is 137 Å². The van der Waals surface area contributed by atoms with E-state index in [0.717, 1.165) is 36.1 Å². The molecule has 21 heavy (non-hydrogen) atoms. The number of rotatable bonds is 8. The van der Waals surface area contributed by atoms with Crippen LogP contribution in [0.3, 0.4) is 0 Å². The molecule has 5 heteroatoms. The van der Waals surface area contributed by atoms with Crippen molar-refractivity contribution < 1.29 is 4.74 Å². The Morgan fingerprint density at radius 3 is 2.43 bits per heavy atom. The van der Waals surface area contributed by atoms with Crippen LogP contribution < -0.4 is 5.32 Å². The van der Waals surface area contributed by atoms with Gasteiger partial charge in [-0.05, 0) is 56.6 Å². The van der Waals surface area contributed by atoms with Crippen LogP contribution in [0.1, 0.15) is 52.9 Å². The van der Waals surface area contributed by atoms with Crippen molar-refractivity contribution in [3.8, 4) is 0 Å². The Kier molecular flexibility index (Phi) is 7.37. The second kappa shape index (κ2) is 8.30. The Balaban J connectivity index is 2.85. The molecular weight excluding hydrogens is 330 g/mol. The Bertz CT molecular complexity index is 437. The van der Waals surface area contributed by atoms with E-state index in [4.69, 9.17) is 4.74 Å². The van der Waals surface area contributed by atoms with E-state index in [0.29, 0.717) is 12.6 Å². The highest BCUT2D eigenvalue weighted by molar-refractivity contribution is 9.10.